The van der Waals surface area contributed by atoms with Gasteiger partial charge in [-0.25, -0.2) is 9.37 Å². The van der Waals surface area contributed by atoms with E-state index in [4.69, 9.17) is 0 Å². The van der Waals surface area contributed by atoms with Crippen LogP contribution in [0.15, 0.2) is 65.7 Å². The summed E-state index contributed by atoms with van der Waals surface area (Å²) in [6.45, 7) is 1.13. The summed E-state index contributed by atoms with van der Waals surface area (Å²) in [5, 5.41) is 2.80. The highest BCUT2D eigenvalue weighted by atomic mass is 79.9. The molecule has 0 saturated carbocycles. The third-order valence-corrected chi connectivity index (χ3v) is 4.26. The van der Waals surface area contributed by atoms with Crippen LogP contribution >= 0.6 is 15.9 Å². The quantitative estimate of drug-likeness (QED) is 0.724. The molecule has 0 aliphatic carbocycles. The maximum atomic E-state index is 13.3. The van der Waals surface area contributed by atoms with Crippen LogP contribution in [0.4, 0.5) is 4.39 Å². The van der Waals surface area contributed by atoms with E-state index in [0.29, 0.717) is 11.0 Å². The van der Waals surface area contributed by atoms with Crippen molar-refractivity contribution in [3.63, 3.8) is 0 Å². The van der Waals surface area contributed by atoms with Crippen LogP contribution in [0, 0.1) is 5.82 Å². The highest BCUT2D eigenvalue weighted by molar-refractivity contribution is 9.10. The lowest BCUT2D eigenvalue weighted by molar-refractivity contribution is 0.0949. The van der Waals surface area contributed by atoms with Gasteiger partial charge in [-0.2, -0.15) is 0 Å². The smallest absolute Gasteiger partial charge is 0.252 e. The second-order valence-electron chi connectivity index (χ2n) is 5.36. The number of hydrogen-bond acceptors (Lipinski definition) is 2. The standard InChI is InChI=1S/C18H15BrFN3O/c19-17-6-5-15(20)9-16(17)18(24)22-10-13-1-3-14(4-2-13)11-23-8-7-21-12-23/h1-9,12H,10-11H2,(H,22,24). The average Bonchev–Trinajstić information content (AvgIpc) is 3.09. The molecule has 0 atom stereocenters. The Morgan fingerprint density at radius 1 is 1.17 bits per heavy atom. The molecule has 0 spiro atoms. The number of rotatable bonds is 5. The summed E-state index contributed by atoms with van der Waals surface area (Å²) in [7, 11) is 0. The van der Waals surface area contributed by atoms with E-state index in [1.54, 1.807) is 12.5 Å². The molecule has 1 amide bonds. The summed E-state index contributed by atoms with van der Waals surface area (Å²) < 4.78 is 15.8. The molecule has 4 nitrogen and oxygen atoms in total. The minimum Gasteiger partial charge on any atom is -0.348 e. The summed E-state index contributed by atoms with van der Waals surface area (Å²) >= 11 is 3.26. The number of carbonyl (C=O) groups is 1. The van der Waals surface area contributed by atoms with Crippen LogP contribution < -0.4 is 5.32 Å². The zero-order valence-electron chi connectivity index (χ0n) is 12.7. The van der Waals surface area contributed by atoms with Crippen LogP contribution in [-0.2, 0) is 13.1 Å². The molecule has 1 aromatic heterocycles. The molecule has 0 radical (unpaired) electrons. The van der Waals surface area contributed by atoms with E-state index in [2.05, 4.69) is 26.2 Å². The van der Waals surface area contributed by atoms with Crippen molar-refractivity contribution < 1.29 is 9.18 Å². The van der Waals surface area contributed by atoms with Gasteiger partial charge in [-0.05, 0) is 45.3 Å². The number of halogens is 2. The summed E-state index contributed by atoms with van der Waals surface area (Å²) in [6, 6.07) is 12.0. The van der Waals surface area contributed by atoms with Crippen molar-refractivity contribution >= 4 is 21.8 Å². The first-order chi connectivity index (χ1) is 11.6. The number of imidazole rings is 1. The van der Waals surface area contributed by atoms with Crippen LogP contribution in [0.1, 0.15) is 21.5 Å². The molecular formula is C18H15BrFN3O. The fourth-order valence-electron chi connectivity index (χ4n) is 2.30. The Labute approximate surface area is 147 Å². The van der Waals surface area contributed by atoms with E-state index in [1.807, 2.05) is 35.0 Å². The Bertz CT molecular complexity index is 832. The Balaban J connectivity index is 1.60. The minimum absolute atomic E-state index is 0.284. The van der Waals surface area contributed by atoms with Crippen LogP contribution in [-0.4, -0.2) is 15.5 Å². The first-order valence-electron chi connectivity index (χ1n) is 7.38. The average molecular weight is 388 g/mol. The third kappa shape index (κ3) is 4.08. The second-order valence-corrected chi connectivity index (χ2v) is 6.21. The summed E-state index contributed by atoms with van der Waals surface area (Å²) in [6.07, 6.45) is 5.42. The lowest BCUT2D eigenvalue weighted by atomic mass is 10.1. The van der Waals surface area contributed by atoms with Crippen molar-refractivity contribution in [2.75, 3.05) is 0 Å². The molecule has 6 heteroatoms. The number of nitrogens with one attached hydrogen (secondary N) is 1. The van der Waals surface area contributed by atoms with Crippen LogP contribution in [0.5, 0.6) is 0 Å². The normalized spacial score (nSPS) is 10.6. The van der Waals surface area contributed by atoms with Crippen LogP contribution in [0.2, 0.25) is 0 Å². The predicted octanol–water partition coefficient (Wildman–Crippen LogP) is 3.76. The molecule has 2 aromatic carbocycles. The van der Waals surface area contributed by atoms with Crippen molar-refractivity contribution in [3.05, 3.63) is 88.2 Å². The molecule has 0 aliphatic heterocycles. The van der Waals surface area contributed by atoms with Gasteiger partial charge in [0.1, 0.15) is 5.82 Å². The van der Waals surface area contributed by atoms with Crippen molar-refractivity contribution in [1.82, 2.24) is 14.9 Å². The van der Waals surface area contributed by atoms with Gasteiger partial charge in [-0.15, -0.1) is 0 Å². The first kappa shape index (κ1) is 16.4. The summed E-state index contributed by atoms with van der Waals surface area (Å²) in [4.78, 5) is 16.2. The highest BCUT2D eigenvalue weighted by Crippen LogP contribution is 2.18. The van der Waals surface area contributed by atoms with E-state index < -0.39 is 5.82 Å². The van der Waals surface area contributed by atoms with Crippen molar-refractivity contribution in [2.24, 2.45) is 0 Å². The Kier molecular flexibility index (Phi) is 5.05. The molecule has 0 fully saturated rings. The number of aromatic nitrogens is 2. The van der Waals surface area contributed by atoms with E-state index >= 15 is 0 Å². The zero-order chi connectivity index (χ0) is 16.9. The van der Waals surface area contributed by atoms with Crippen molar-refractivity contribution in [1.29, 1.82) is 0 Å². The zero-order valence-corrected chi connectivity index (χ0v) is 14.3. The van der Waals surface area contributed by atoms with Crippen molar-refractivity contribution in [3.8, 4) is 0 Å². The SMILES string of the molecule is O=C(NCc1ccc(Cn2ccnc2)cc1)c1cc(F)ccc1Br. The van der Waals surface area contributed by atoms with Gasteiger partial charge in [0.15, 0.2) is 0 Å². The monoisotopic (exact) mass is 387 g/mol. The fourth-order valence-corrected chi connectivity index (χ4v) is 2.73. The second kappa shape index (κ2) is 7.40. The molecule has 1 N–H and O–H groups in total. The van der Waals surface area contributed by atoms with E-state index in [-0.39, 0.29) is 11.5 Å². The topological polar surface area (TPSA) is 46.9 Å². The van der Waals surface area contributed by atoms with Gasteiger partial charge in [0, 0.05) is 30.0 Å². The summed E-state index contributed by atoms with van der Waals surface area (Å²) in [5.41, 5.74) is 2.41. The largest absolute Gasteiger partial charge is 0.348 e. The molecule has 24 heavy (non-hydrogen) atoms. The van der Waals surface area contributed by atoms with Gasteiger partial charge >= 0.3 is 0 Å². The molecule has 3 aromatic rings. The third-order valence-electron chi connectivity index (χ3n) is 3.57. The van der Waals surface area contributed by atoms with Gasteiger partial charge < -0.3 is 9.88 Å². The van der Waals surface area contributed by atoms with Gasteiger partial charge in [0.25, 0.3) is 5.91 Å². The number of carbonyl (C=O) groups excluding carboxylic acids is 1. The summed E-state index contributed by atoms with van der Waals surface area (Å²) in [5.74, 6) is -0.754. The van der Waals surface area contributed by atoms with Gasteiger partial charge in [-0.3, -0.25) is 4.79 Å². The van der Waals surface area contributed by atoms with Crippen molar-refractivity contribution in [2.45, 2.75) is 13.1 Å². The van der Waals surface area contributed by atoms with Crippen LogP contribution in [0.3, 0.4) is 0 Å². The number of benzene rings is 2. The Morgan fingerprint density at radius 2 is 1.92 bits per heavy atom. The predicted molar refractivity (Wildman–Crippen MR) is 93.0 cm³/mol. The molecule has 0 saturated heterocycles. The molecule has 0 aliphatic rings. The minimum atomic E-state index is -0.438. The lowest BCUT2D eigenvalue weighted by Crippen LogP contribution is -2.23. The molecule has 122 valence electrons. The van der Waals surface area contributed by atoms with E-state index in [9.17, 15) is 9.18 Å². The van der Waals surface area contributed by atoms with E-state index in [1.165, 1.54) is 18.2 Å². The molecule has 0 unspecified atom stereocenters. The number of hydrogen-bond donors (Lipinski definition) is 1. The number of amides is 1. The Morgan fingerprint density at radius 3 is 2.62 bits per heavy atom. The molecule has 0 bridgehead atoms. The molecular weight excluding hydrogens is 373 g/mol. The molecule has 1 heterocycles. The fraction of sp³-hybridized carbons (Fsp3) is 0.111. The number of nitrogens with zero attached hydrogens (tertiary/aromatic N) is 2. The maximum Gasteiger partial charge on any atom is 0.252 e. The first-order valence-corrected chi connectivity index (χ1v) is 8.18. The lowest BCUT2D eigenvalue weighted by Gasteiger charge is -2.08. The van der Waals surface area contributed by atoms with Crippen LogP contribution in [0.25, 0.3) is 0 Å². The van der Waals surface area contributed by atoms with Gasteiger partial charge in [0.2, 0.25) is 0 Å². The van der Waals surface area contributed by atoms with Gasteiger partial charge in [0.05, 0.1) is 11.9 Å². The maximum absolute atomic E-state index is 13.3. The van der Waals surface area contributed by atoms with E-state index in [0.717, 1.165) is 17.7 Å². The highest BCUT2D eigenvalue weighted by Gasteiger charge is 2.10. The Hall–Kier alpha value is -2.47. The van der Waals surface area contributed by atoms with Gasteiger partial charge in [-0.1, -0.05) is 24.3 Å². The molecule has 3 rings (SSSR count).